The fraction of sp³-hybridized carbons (Fsp3) is 0.368. The molecule has 1 aromatic carbocycles. The van der Waals surface area contributed by atoms with Gasteiger partial charge in [-0.15, -0.1) is 11.3 Å². The maximum atomic E-state index is 12.4. The molecule has 4 rings (SSSR count). The van der Waals surface area contributed by atoms with Crippen LogP contribution in [0.3, 0.4) is 0 Å². The highest BCUT2D eigenvalue weighted by atomic mass is 32.1. The van der Waals surface area contributed by atoms with Gasteiger partial charge < -0.3 is 9.84 Å². The zero-order valence-corrected chi connectivity index (χ0v) is 14.6. The van der Waals surface area contributed by atoms with Crippen molar-refractivity contribution in [3.8, 4) is 0 Å². The van der Waals surface area contributed by atoms with Gasteiger partial charge in [0.25, 0.3) is 5.56 Å². The molecule has 3 aromatic rings. The van der Waals surface area contributed by atoms with Gasteiger partial charge in [0.15, 0.2) is 0 Å². The zero-order valence-electron chi connectivity index (χ0n) is 13.8. The van der Waals surface area contributed by atoms with Crippen LogP contribution < -0.4 is 5.56 Å². The second-order valence-electron chi connectivity index (χ2n) is 6.40. The van der Waals surface area contributed by atoms with Gasteiger partial charge in [-0.25, -0.2) is 4.98 Å². The average molecular weight is 356 g/mol. The monoisotopic (exact) mass is 356 g/mol. The third kappa shape index (κ3) is 3.38. The highest BCUT2D eigenvalue weighted by Crippen LogP contribution is 2.32. The lowest BCUT2D eigenvalue weighted by atomic mass is 9.89. The van der Waals surface area contributed by atoms with Crippen molar-refractivity contribution >= 4 is 21.6 Å². The van der Waals surface area contributed by atoms with E-state index < -0.39 is 6.10 Å². The van der Waals surface area contributed by atoms with Gasteiger partial charge in [0.2, 0.25) is 0 Å². The molecule has 2 aromatic heterocycles. The van der Waals surface area contributed by atoms with Gasteiger partial charge in [0.05, 0.1) is 37.2 Å². The van der Waals surface area contributed by atoms with Crippen molar-refractivity contribution in [3.05, 3.63) is 63.5 Å². The highest BCUT2D eigenvalue weighted by Gasteiger charge is 2.21. The molecule has 2 unspecified atom stereocenters. The lowest BCUT2D eigenvalue weighted by Crippen LogP contribution is -2.30. The van der Waals surface area contributed by atoms with Crippen LogP contribution in [0.1, 0.15) is 30.1 Å². The molecule has 0 saturated carbocycles. The molecule has 0 fully saturated rings. The number of aromatic nitrogens is 2. The van der Waals surface area contributed by atoms with Crippen LogP contribution in [-0.2, 0) is 17.7 Å². The molecule has 1 aliphatic rings. The molecule has 0 amide bonds. The van der Waals surface area contributed by atoms with Crippen LogP contribution in [-0.4, -0.2) is 27.4 Å². The molecule has 0 aliphatic heterocycles. The summed E-state index contributed by atoms with van der Waals surface area (Å²) in [6, 6.07) is 10.1. The van der Waals surface area contributed by atoms with Crippen LogP contribution in [0.15, 0.2) is 46.8 Å². The maximum Gasteiger partial charge on any atom is 0.271 e. The molecule has 6 heteroatoms. The minimum atomic E-state index is -0.744. The van der Waals surface area contributed by atoms with Gasteiger partial charge in [0.1, 0.15) is 4.70 Å². The van der Waals surface area contributed by atoms with Crippen LogP contribution >= 0.6 is 11.3 Å². The average Bonchev–Trinajstić information content (AvgIpc) is 3.12. The van der Waals surface area contributed by atoms with Gasteiger partial charge in [-0.3, -0.25) is 9.36 Å². The summed E-state index contributed by atoms with van der Waals surface area (Å²) in [5.74, 6) is 0. The summed E-state index contributed by atoms with van der Waals surface area (Å²) < 4.78 is 8.05. The predicted molar refractivity (Wildman–Crippen MR) is 98.0 cm³/mol. The smallest absolute Gasteiger partial charge is 0.271 e. The first-order chi connectivity index (χ1) is 12.2. The van der Waals surface area contributed by atoms with Crippen molar-refractivity contribution in [1.82, 2.24) is 9.55 Å². The molecule has 0 bridgehead atoms. The number of fused-ring (bicyclic) bond motifs is 2. The number of aryl methyl sites for hydroxylation is 1. The van der Waals surface area contributed by atoms with Crippen LogP contribution in [0, 0.1) is 0 Å². The largest absolute Gasteiger partial charge is 0.389 e. The fourth-order valence-electron chi connectivity index (χ4n) is 3.40. The Labute approximate surface area is 149 Å². The van der Waals surface area contributed by atoms with Crippen molar-refractivity contribution in [3.63, 3.8) is 0 Å². The Balaban J connectivity index is 1.42. The number of benzene rings is 1. The highest BCUT2D eigenvalue weighted by molar-refractivity contribution is 7.17. The normalized spacial score (nSPS) is 18.2. The van der Waals surface area contributed by atoms with E-state index in [1.165, 1.54) is 33.4 Å². The standard InChI is InChI=1S/C19H20N2O3S/c22-14(10-21-12-20-16-8-9-25-18(16)19(21)23)11-24-17-7-3-5-13-4-1-2-6-15(13)17/h1-2,4,6,8-9,12,14,17,22H,3,5,7,10-11H2. The Morgan fingerprint density at radius 1 is 1.36 bits per heavy atom. The number of aliphatic hydroxyl groups is 1. The Bertz CT molecular complexity index is 934. The van der Waals surface area contributed by atoms with E-state index in [4.69, 9.17) is 4.74 Å². The maximum absolute atomic E-state index is 12.4. The minimum Gasteiger partial charge on any atom is -0.389 e. The van der Waals surface area contributed by atoms with E-state index in [1.807, 2.05) is 17.5 Å². The topological polar surface area (TPSA) is 64.4 Å². The van der Waals surface area contributed by atoms with Gasteiger partial charge in [-0.1, -0.05) is 24.3 Å². The number of aliphatic hydroxyl groups excluding tert-OH is 1. The summed E-state index contributed by atoms with van der Waals surface area (Å²) in [5, 5.41) is 12.2. The van der Waals surface area contributed by atoms with Gasteiger partial charge in [-0.2, -0.15) is 0 Å². The van der Waals surface area contributed by atoms with Crippen molar-refractivity contribution in [2.75, 3.05) is 6.61 Å². The van der Waals surface area contributed by atoms with Crippen molar-refractivity contribution in [1.29, 1.82) is 0 Å². The predicted octanol–water partition coefficient (Wildman–Crippen LogP) is 2.91. The van der Waals surface area contributed by atoms with E-state index in [1.54, 1.807) is 0 Å². The molecule has 2 atom stereocenters. The summed E-state index contributed by atoms with van der Waals surface area (Å²) >= 11 is 1.37. The molecule has 130 valence electrons. The zero-order chi connectivity index (χ0) is 17.2. The third-order valence-electron chi connectivity index (χ3n) is 4.65. The summed E-state index contributed by atoms with van der Waals surface area (Å²) in [5.41, 5.74) is 3.15. The lowest BCUT2D eigenvalue weighted by molar-refractivity contribution is -0.0228. The van der Waals surface area contributed by atoms with Crippen molar-refractivity contribution < 1.29 is 9.84 Å². The number of nitrogens with zero attached hydrogens (tertiary/aromatic N) is 2. The molecule has 25 heavy (non-hydrogen) atoms. The second kappa shape index (κ2) is 7.07. The van der Waals surface area contributed by atoms with E-state index in [0.29, 0.717) is 10.2 Å². The molecule has 5 nitrogen and oxygen atoms in total. The fourth-order valence-corrected chi connectivity index (χ4v) is 4.19. The van der Waals surface area contributed by atoms with E-state index in [-0.39, 0.29) is 24.8 Å². The number of rotatable bonds is 5. The van der Waals surface area contributed by atoms with E-state index in [0.717, 1.165) is 19.3 Å². The molecule has 1 N–H and O–H groups in total. The number of ether oxygens (including phenoxy) is 1. The molecule has 0 spiro atoms. The molecule has 0 radical (unpaired) electrons. The van der Waals surface area contributed by atoms with E-state index in [9.17, 15) is 9.90 Å². The van der Waals surface area contributed by atoms with Crippen LogP contribution in [0.2, 0.25) is 0 Å². The van der Waals surface area contributed by atoms with E-state index in [2.05, 4.69) is 23.2 Å². The molecule has 0 saturated heterocycles. The minimum absolute atomic E-state index is 0.0224. The molecule has 2 heterocycles. The van der Waals surface area contributed by atoms with Gasteiger partial charge in [0, 0.05) is 0 Å². The van der Waals surface area contributed by atoms with Crippen LogP contribution in [0.4, 0.5) is 0 Å². The first-order valence-corrected chi connectivity index (χ1v) is 9.40. The summed E-state index contributed by atoms with van der Waals surface area (Å²) in [4.78, 5) is 16.6. The first-order valence-electron chi connectivity index (χ1n) is 8.52. The summed E-state index contributed by atoms with van der Waals surface area (Å²) in [6.45, 7) is 0.391. The van der Waals surface area contributed by atoms with Gasteiger partial charge in [-0.05, 0) is 41.8 Å². The second-order valence-corrected chi connectivity index (χ2v) is 7.32. The SMILES string of the molecule is O=c1c2sccc2ncn1CC(O)COC1CCCc2ccccc21. The Morgan fingerprint density at radius 2 is 2.24 bits per heavy atom. The number of thiophene rings is 1. The van der Waals surface area contributed by atoms with Crippen molar-refractivity contribution in [2.45, 2.75) is 38.0 Å². The van der Waals surface area contributed by atoms with E-state index >= 15 is 0 Å². The molecular weight excluding hydrogens is 336 g/mol. The lowest BCUT2D eigenvalue weighted by Gasteiger charge is -2.26. The summed E-state index contributed by atoms with van der Waals surface area (Å²) in [6.07, 6.45) is 3.92. The Kier molecular flexibility index (Phi) is 4.65. The Morgan fingerprint density at radius 3 is 3.16 bits per heavy atom. The van der Waals surface area contributed by atoms with Crippen LogP contribution in [0.5, 0.6) is 0 Å². The molecular formula is C19H20N2O3S. The molecule has 1 aliphatic carbocycles. The third-order valence-corrected chi connectivity index (χ3v) is 5.54. The first kappa shape index (κ1) is 16.4. The Hall–Kier alpha value is -2.02. The van der Waals surface area contributed by atoms with Gasteiger partial charge >= 0.3 is 0 Å². The van der Waals surface area contributed by atoms with Crippen LogP contribution in [0.25, 0.3) is 10.2 Å². The quantitative estimate of drug-likeness (QED) is 0.763. The summed E-state index contributed by atoms with van der Waals surface area (Å²) in [7, 11) is 0. The number of hydrogen-bond donors (Lipinski definition) is 1. The van der Waals surface area contributed by atoms with Crippen molar-refractivity contribution in [2.24, 2.45) is 0 Å². The number of hydrogen-bond acceptors (Lipinski definition) is 5.